The van der Waals surface area contributed by atoms with Crippen molar-refractivity contribution in [3.05, 3.63) is 95.7 Å². The molecule has 0 heteroatoms. The van der Waals surface area contributed by atoms with Gasteiger partial charge in [-0.25, -0.2) is 0 Å². The maximum absolute atomic E-state index is 3.97. The third-order valence-corrected chi connectivity index (χ3v) is 4.44. The Bertz CT molecular complexity index is 695. The van der Waals surface area contributed by atoms with Crippen LogP contribution >= 0.6 is 0 Å². The molecule has 0 spiro atoms. The minimum Gasteiger partial charge on any atom is -0.121 e. The van der Waals surface area contributed by atoms with E-state index in [4.69, 9.17) is 0 Å². The van der Waals surface area contributed by atoms with Crippen molar-refractivity contribution < 1.29 is 0 Å². The number of rotatable bonds is 7. The van der Waals surface area contributed by atoms with Crippen molar-refractivity contribution >= 4 is 5.57 Å². The van der Waals surface area contributed by atoms with E-state index >= 15 is 0 Å². The normalized spacial score (nSPS) is 11.7. The van der Waals surface area contributed by atoms with E-state index in [2.05, 4.69) is 93.8 Å². The third-order valence-electron chi connectivity index (χ3n) is 4.44. The summed E-state index contributed by atoms with van der Waals surface area (Å²) in [4.78, 5) is 0. The van der Waals surface area contributed by atoms with Gasteiger partial charge < -0.3 is 0 Å². The van der Waals surface area contributed by atoms with E-state index in [1.54, 1.807) is 0 Å². The SMILES string of the molecule is C=CC(C=C=C(C)c1ccc(C(C)C)cc1)CCc1ccccc1. The largest absolute Gasteiger partial charge is 0.121 e. The molecular weight excluding hydrogens is 288 g/mol. The van der Waals surface area contributed by atoms with Crippen molar-refractivity contribution in [3.63, 3.8) is 0 Å². The second-order valence-electron chi connectivity index (χ2n) is 6.64. The molecule has 0 aromatic heterocycles. The number of benzene rings is 2. The summed E-state index contributed by atoms with van der Waals surface area (Å²) in [5.41, 5.74) is 8.63. The van der Waals surface area contributed by atoms with Crippen LogP contribution in [0.25, 0.3) is 5.57 Å². The zero-order chi connectivity index (χ0) is 17.4. The average molecular weight is 316 g/mol. The maximum Gasteiger partial charge on any atom is 0.00230 e. The molecule has 0 aliphatic heterocycles. The van der Waals surface area contributed by atoms with Crippen LogP contribution in [0.4, 0.5) is 0 Å². The molecule has 0 N–H and O–H groups in total. The third kappa shape index (κ3) is 5.41. The molecule has 2 aromatic rings. The Labute approximate surface area is 147 Å². The van der Waals surface area contributed by atoms with Crippen LogP contribution in [0.1, 0.15) is 49.8 Å². The predicted octanol–water partition coefficient (Wildman–Crippen LogP) is 6.80. The van der Waals surface area contributed by atoms with Gasteiger partial charge >= 0.3 is 0 Å². The standard InChI is InChI=1S/C24H28/c1-5-21(13-14-22-9-7-6-8-10-22)12-11-20(4)24-17-15-23(16-18-24)19(2)3/h5-10,12,15-19,21H,1,13-14H2,2-4H3. The van der Waals surface area contributed by atoms with Crippen molar-refractivity contribution in [2.75, 3.05) is 0 Å². The van der Waals surface area contributed by atoms with Crippen LogP contribution in [0.2, 0.25) is 0 Å². The average Bonchev–Trinajstić information content (AvgIpc) is 2.62. The first-order valence-electron chi connectivity index (χ1n) is 8.80. The molecule has 0 aliphatic carbocycles. The highest BCUT2D eigenvalue weighted by atomic mass is 14.1. The summed E-state index contributed by atoms with van der Waals surface area (Å²) in [6.07, 6.45) is 6.31. The number of hydrogen-bond donors (Lipinski definition) is 0. The lowest BCUT2D eigenvalue weighted by Gasteiger charge is -2.07. The molecule has 0 fully saturated rings. The molecule has 0 radical (unpaired) electrons. The molecule has 2 rings (SSSR count). The Morgan fingerprint density at radius 2 is 1.71 bits per heavy atom. The minimum absolute atomic E-state index is 0.357. The summed E-state index contributed by atoms with van der Waals surface area (Å²) in [6.45, 7) is 10.5. The Morgan fingerprint density at radius 1 is 1.04 bits per heavy atom. The van der Waals surface area contributed by atoms with Crippen molar-refractivity contribution in [1.29, 1.82) is 0 Å². The molecule has 0 nitrogen and oxygen atoms in total. The molecule has 1 atom stereocenters. The highest BCUT2D eigenvalue weighted by Gasteiger charge is 2.02. The van der Waals surface area contributed by atoms with Gasteiger partial charge in [-0.15, -0.1) is 12.3 Å². The van der Waals surface area contributed by atoms with Crippen LogP contribution in [0, 0.1) is 5.92 Å². The first-order valence-corrected chi connectivity index (χ1v) is 8.80. The summed E-state index contributed by atoms with van der Waals surface area (Å²) in [7, 11) is 0. The molecule has 0 heterocycles. The fourth-order valence-electron chi connectivity index (χ4n) is 2.68. The van der Waals surface area contributed by atoms with Crippen LogP contribution in [0.15, 0.2) is 79.1 Å². The molecule has 1 unspecified atom stereocenters. The summed E-state index contributed by atoms with van der Waals surface area (Å²) in [6, 6.07) is 19.4. The topological polar surface area (TPSA) is 0 Å². The lowest BCUT2D eigenvalue weighted by atomic mass is 9.97. The van der Waals surface area contributed by atoms with E-state index in [1.165, 1.54) is 22.3 Å². The van der Waals surface area contributed by atoms with Crippen molar-refractivity contribution in [2.45, 2.75) is 39.5 Å². The molecule has 0 bridgehead atoms. The van der Waals surface area contributed by atoms with E-state index in [-0.39, 0.29) is 0 Å². The fourth-order valence-corrected chi connectivity index (χ4v) is 2.68. The van der Waals surface area contributed by atoms with E-state index in [9.17, 15) is 0 Å². The Kier molecular flexibility index (Phi) is 6.85. The Hall–Kier alpha value is -2.30. The zero-order valence-electron chi connectivity index (χ0n) is 15.1. The van der Waals surface area contributed by atoms with Gasteiger partial charge in [-0.2, -0.15) is 0 Å². The fraction of sp³-hybridized carbons (Fsp3) is 0.292. The lowest BCUT2D eigenvalue weighted by Crippen LogP contribution is -1.94. The summed E-state index contributed by atoms with van der Waals surface area (Å²) >= 11 is 0. The second kappa shape index (κ2) is 9.11. The second-order valence-corrected chi connectivity index (χ2v) is 6.64. The number of hydrogen-bond acceptors (Lipinski definition) is 0. The van der Waals surface area contributed by atoms with Crippen LogP contribution in [-0.2, 0) is 6.42 Å². The van der Waals surface area contributed by atoms with Gasteiger partial charge in [-0.3, -0.25) is 0 Å². The molecule has 0 saturated heterocycles. The Balaban J connectivity index is 2.04. The summed E-state index contributed by atoms with van der Waals surface area (Å²) < 4.78 is 0. The van der Waals surface area contributed by atoms with Gasteiger partial charge in [0, 0.05) is 5.92 Å². The van der Waals surface area contributed by atoms with E-state index in [0.717, 1.165) is 12.8 Å². The van der Waals surface area contributed by atoms with Gasteiger partial charge in [-0.1, -0.05) is 74.5 Å². The number of aryl methyl sites for hydroxylation is 1. The van der Waals surface area contributed by atoms with Crippen molar-refractivity contribution in [3.8, 4) is 0 Å². The Morgan fingerprint density at radius 3 is 2.29 bits per heavy atom. The first-order chi connectivity index (χ1) is 11.6. The zero-order valence-corrected chi connectivity index (χ0v) is 15.1. The van der Waals surface area contributed by atoms with Gasteiger partial charge in [0.25, 0.3) is 0 Å². The van der Waals surface area contributed by atoms with Gasteiger partial charge in [0.05, 0.1) is 0 Å². The van der Waals surface area contributed by atoms with Crippen LogP contribution in [0.3, 0.4) is 0 Å². The van der Waals surface area contributed by atoms with Crippen LogP contribution in [-0.4, -0.2) is 0 Å². The molecule has 2 aromatic carbocycles. The quantitative estimate of drug-likeness (QED) is 0.389. The summed E-state index contributed by atoms with van der Waals surface area (Å²) in [5.74, 6) is 0.928. The van der Waals surface area contributed by atoms with Gasteiger partial charge in [-0.05, 0) is 54.0 Å². The van der Waals surface area contributed by atoms with Crippen LogP contribution < -0.4 is 0 Å². The minimum atomic E-state index is 0.357. The van der Waals surface area contributed by atoms with E-state index in [0.29, 0.717) is 11.8 Å². The number of allylic oxidation sites excluding steroid dienone is 2. The maximum atomic E-state index is 3.97. The smallest absolute Gasteiger partial charge is 0.00230 e. The molecule has 124 valence electrons. The van der Waals surface area contributed by atoms with Crippen molar-refractivity contribution in [2.24, 2.45) is 5.92 Å². The monoisotopic (exact) mass is 316 g/mol. The highest BCUT2D eigenvalue weighted by Crippen LogP contribution is 2.19. The molecule has 0 saturated carbocycles. The van der Waals surface area contributed by atoms with Gasteiger partial charge in [0.1, 0.15) is 0 Å². The van der Waals surface area contributed by atoms with E-state index in [1.807, 2.05) is 6.08 Å². The van der Waals surface area contributed by atoms with Crippen molar-refractivity contribution in [1.82, 2.24) is 0 Å². The highest BCUT2D eigenvalue weighted by molar-refractivity contribution is 5.63. The van der Waals surface area contributed by atoms with E-state index < -0.39 is 0 Å². The summed E-state index contributed by atoms with van der Waals surface area (Å²) in [5, 5.41) is 0. The molecule has 0 amide bonds. The molecule has 24 heavy (non-hydrogen) atoms. The molecular formula is C24H28. The molecule has 0 aliphatic rings. The predicted molar refractivity (Wildman–Crippen MR) is 106 cm³/mol. The van der Waals surface area contributed by atoms with Crippen LogP contribution in [0.5, 0.6) is 0 Å². The van der Waals surface area contributed by atoms with Gasteiger partial charge in [0.15, 0.2) is 0 Å². The first kappa shape index (κ1) is 18.0. The lowest BCUT2D eigenvalue weighted by molar-refractivity contribution is 0.710. The van der Waals surface area contributed by atoms with Gasteiger partial charge in [0.2, 0.25) is 0 Å².